The van der Waals surface area contributed by atoms with Crippen molar-refractivity contribution in [1.29, 1.82) is 10.5 Å². The van der Waals surface area contributed by atoms with Crippen LogP contribution in [0.5, 0.6) is 0 Å². The Morgan fingerprint density at radius 1 is 1.09 bits per heavy atom. The Morgan fingerprint density at radius 3 is 2.36 bits per heavy atom. The summed E-state index contributed by atoms with van der Waals surface area (Å²) in [7, 11) is 0. The highest BCUT2D eigenvalue weighted by Gasteiger charge is 2.16. The number of nitriles is 2. The van der Waals surface area contributed by atoms with Crippen molar-refractivity contribution in [3.63, 3.8) is 0 Å². The lowest BCUT2D eigenvalue weighted by atomic mass is 10.3. The van der Waals surface area contributed by atoms with Crippen LogP contribution in [0.4, 0.5) is 5.13 Å². The lowest BCUT2D eigenvalue weighted by Gasteiger charge is -1.95. The van der Waals surface area contributed by atoms with Crippen LogP contribution in [0.3, 0.4) is 0 Å². The first-order valence-electron chi connectivity index (χ1n) is 6.17. The van der Waals surface area contributed by atoms with Gasteiger partial charge >= 0.3 is 0 Å². The van der Waals surface area contributed by atoms with Crippen molar-refractivity contribution >= 4 is 39.1 Å². The number of anilines is 1. The van der Waals surface area contributed by atoms with Crippen molar-refractivity contribution in [2.24, 2.45) is 0 Å². The lowest BCUT2D eigenvalue weighted by molar-refractivity contribution is 1.39. The SMILES string of the molecule is N#CC(C#N)=CNc1nc(-c2cccs2)c(-c2cccs2)s1. The van der Waals surface area contributed by atoms with E-state index in [1.165, 1.54) is 17.5 Å². The van der Waals surface area contributed by atoms with E-state index in [9.17, 15) is 0 Å². The number of rotatable bonds is 4. The number of allylic oxidation sites excluding steroid dienone is 1. The molecule has 0 aromatic carbocycles. The molecule has 0 aliphatic rings. The maximum absolute atomic E-state index is 8.77. The smallest absolute Gasteiger partial charge is 0.187 e. The maximum Gasteiger partial charge on any atom is 0.187 e. The summed E-state index contributed by atoms with van der Waals surface area (Å²) in [6.07, 6.45) is 1.38. The molecule has 0 atom stereocenters. The summed E-state index contributed by atoms with van der Waals surface area (Å²) in [4.78, 5) is 7.94. The number of thiophene rings is 2. The summed E-state index contributed by atoms with van der Waals surface area (Å²) in [6.45, 7) is 0. The monoisotopic (exact) mass is 340 g/mol. The van der Waals surface area contributed by atoms with Gasteiger partial charge in [-0.3, -0.25) is 0 Å². The Balaban J connectivity index is 2.01. The van der Waals surface area contributed by atoms with Gasteiger partial charge in [-0.15, -0.1) is 22.7 Å². The zero-order chi connectivity index (χ0) is 15.4. The maximum atomic E-state index is 8.77. The molecule has 3 aromatic heterocycles. The van der Waals surface area contributed by atoms with Gasteiger partial charge in [0.2, 0.25) is 0 Å². The molecule has 0 spiro atoms. The quantitative estimate of drug-likeness (QED) is 0.683. The Kier molecular flexibility index (Phi) is 4.31. The van der Waals surface area contributed by atoms with Gasteiger partial charge in [0.15, 0.2) is 5.13 Å². The molecule has 3 rings (SSSR count). The minimum Gasteiger partial charge on any atom is -0.336 e. The molecule has 3 aromatic rings. The number of thiazole rings is 1. The molecule has 0 aliphatic carbocycles. The van der Waals surface area contributed by atoms with Crippen molar-refractivity contribution < 1.29 is 0 Å². The Hall–Kier alpha value is -2.45. The third kappa shape index (κ3) is 2.92. The first-order chi connectivity index (χ1) is 10.8. The van der Waals surface area contributed by atoms with Crippen molar-refractivity contribution in [1.82, 2.24) is 4.98 Å². The molecule has 22 heavy (non-hydrogen) atoms. The van der Waals surface area contributed by atoms with Gasteiger partial charge in [-0.25, -0.2) is 4.98 Å². The van der Waals surface area contributed by atoms with E-state index < -0.39 is 0 Å². The van der Waals surface area contributed by atoms with Gasteiger partial charge < -0.3 is 5.32 Å². The zero-order valence-corrected chi connectivity index (χ0v) is 13.6. The van der Waals surface area contributed by atoms with Crippen LogP contribution in [-0.4, -0.2) is 4.98 Å². The average Bonchev–Trinajstić information content (AvgIpc) is 3.28. The molecule has 106 valence electrons. The molecule has 0 fully saturated rings. The number of hydrogen-bond donors (Lipinski definition) is 1. The lowest BCUT2D eigenvalue weighted by Crippen LogP contribution is -1.88. The molecule has 0 saturated heterocycles. The fourth-order valence-electron chi connectivity index (χ4n) is 1.76. The Labute approximate surface area is 139 Å². The van der Waals surface area contributed by atoms with Crippen LogP contribution in [0, 0.1) is 22.7 Å². The largest absolute Gasteiger partial charge is 0.336 e. The summed E-state index contributed by atoms with van der Waals surface area (Å²) in [6, 6.07) is 11.7. The van der Waals surface area contributed by atoms with Crippen molar-refractivity contribution in [3.05, 3.63) is 46.8 Å². The number of hydrogen-bond acceptors (Lipinski definition) is 7. The third-order valence-corrected chi connectivity index (χ3v) is 5.62. The van der Waals surface area contributed by atoms with Gasteiger partial charge in [-0.05, 0) is 22.9 Å². The minimum absolute atomic E-state index is 0.0190. The molecular formula is C15H8N4S3. The van der Waals surface area contributed by atoms with Gasteiger partial charge in [0.25, 0.3) is 0 Å². The van der Waals surface area contributed by atoms with Crippen molar-refractivity contribution in [2.75, 3.05) is 5.32 Å². The second-order valence-corrected chi connectivity index (χ2v) is 6.97. The van der Waals surface area contributed by atoms with Crippen LogP contribution >= 0.6 is 34.0 Å². The zero-order valence-electron chi connectivity index (χ0n) is 11.1. The predicted octanol–water partition coefficient (Wildman–Crippen LogP) is 4.94. The van der Waals surface area contributed by atoms with E-state index in [0.717, 1.165) is 20.3 Å². The van der Waals surface area contributed by atoms with Crippen LogP contribution in [0.25, 0.3) is 20.3 Å². The molecule has 0 aliphatic heterocycles. The highest BCUT2D eigenvalue weighted by atomic mass is 32.1. The number of nitrogens with zero attached hydrogens (tertiary/aromatic N) is 3. The first-order valence-corrected chi connectivity index (χ1v) is 8.75. The molecule has 7 heteroatoms. The Bertz CT molecular complexity index is 807. The number of aromatic nitrogens is 1. The molecule has 0 amide bonds. The summed E-state index contributed by atoms with van der Waals surface area (Å²) in [5.74, 6) is 0. The molecule has 0 bridgehead atoms. The van der Waals surface area contributed by atoms with Gasteiger partial charge in [-0.2, -0.15) is 10.5 Å². The summed E-state index contributed by atoms with van der Waals surface area (Å²) >= 11 is 4.81. The third-order valence-electron chi connectivity index (χ3n) is 2.71. The van der Waals surface area contributed by atoms with Crippen LogP contribution in [0.1, 0.15) is 0 Å². The van der Waals surface area contributed by atoms with Crippen molar-refractivity contribution in [2.45, 2.75) is 0 Å². The van der Waals surface area contributed by atoms with E-state index in [0.29, 0.717) is 5.13 Å². The van der Waals surface area contributed by atoms with Crippen LogP contribution in [-0.2, 0) is 0 Å². The van der Waals surface area contributed by atoms with Gasteiger partial charge in [0, 0.05) is 11.1 Å². The molecule has 1 N–H and O–H groups in total. The Morgan fingerprint density at radius 2 is 1.77 bits per heavy atom. The fraction of sp³-hybridized carbons (Fsp3) is 0. The van der Waals surface area contributed by atoms with Gasteiger partial charge in [-0.1, -0.05) is 23.5 Å². The molecule has 4 nitrogen and oxygen atoms in total. The van der Waals surface area contributed by atoms with E-state index in [1.807, 2.05) is 41.1 Å². The molecule has 0 radical (unpaired) electrons. The normalized spacial score (nSPS) is 9.73. The molecular weight excluding hydrogens is 332 g/mol. The van der Waals surface area contributed by atoms with Crippen LogP contribution in [0.2, 0.25) is 0 Å². The molecule has 0 unspecified atom stereocenters. The van der Waals surface area contributed by atoms with E-state index in [-0.39, 0.29) is 5.57 Å². The summed E-state index contributed by atoms with van der Waals surface area (Å²) in [5, 5.41) is 25.2. The van der Waals surface area contributed by atoms with E-state index in [2.05, 4.69) is 16.4 Å². The van der Waals surface area contributed by atoms with Crippen LogP contribution in [0.15, 0.2) is 46.8 Å². The van der Waals surface area contributed by atoms with Gasteiger partial charge in [0.1, 0.15) is 23.4 Å². The predicted molar refractivity (Wildman–Crippen MR) is 91.7 cm³/mol. The highest BCUT2D eigenvalue weighted by Crippen LogP contribution is 2.42. The summed E-state index contributed by atoms with van der Waals surface area (Å²) in [5.41, 5.74) is 0.944. The minimum atomic E-state index is 0.0190. The molecule has 0 saturated carbocycles. The van der Waals surface area contributed by atoms with E-state index in [4.69, 9.17) is 10.5 Å². The van der Waals surface area contributed by atoms with E-state index >= 15 is 0 Å². The topological polar surface area (TPSA) is 72.5 Å². The standard InChI is InChI=1S/C15H8N4S3/c16-7-10(8-17)9-18-15-19-13(11-3-1-5-20-11)14(22-15)12-4-2-6-21-12/h1-6,9H,(H,18,19). The van der Waals surface area contributed by atoms with Crippen molar-refractivity contribution in [3.8, 4) is 32.5 Å². The fourth-order valence-corrected chi connectivity index (χ4v) is 4.35. The summed E-state index contributed by atoms with van der Waals surface area (Å²) < 4.78 is 0. The highest BCUT2D eigenvalue weighted by molar-refractivity contribution is 7.24. The second kappa shape index (κ2) is 6.54. The van der Waals surface area contributed by atoms with Gasteiger partial charge in [0.05, 0.1) is 9.75 Å². The van der Waals surface area contributed by atoms with Crippen LogP contribution < -0.4 is 5.32 Å². The first kappa shape index (κ1) is 14.5. The average molecular weight is 340 g/mol. The molecule has 3 heterocycles. The number of nitrogens with one attached hydrogen (secondary N) is 1. The van der Waals surface area contributed by atoms with E-state index in [1.54, 1.807) is 22.7 Å². The second-order valence-electron chi connectivity index (χ2n) is 4.08.